The zero-order chi connectivity index (χ0) is 13.1. The summed E-state index contributed by atoms with van der Waals surface area (Å²) in [7, 11) is 1.66. The minimum atomic E-state index is 0.267. The number of hydrogen-bond acceptors (Lipinski definition) is 5. The summed E-state index contributed by atoms with van der Waals surface area (Å²) >= 11 is 0. The molecule has 1 heterocycles. The number of ether oxygens (including phenoxy) is 5. The molecule has 0 N–H and O–H groups in total. The highest BCUT2D eigenvalue weighted by molar-refractivity contribution is 4.83. The van der Waals surface area contributed by atoms with Crippen molar-refractivity contribution >= 4 is 0 Å². The van der Waals surface area contributed by atoms with E-state index in [-0.39, 0.29) is 5.41 Å². The summed E-state index contributed by atoms with van der Waals surface area (Å²) in [5, 5.41) is 0. The van der Waals surface area contributed by atoms with Crippen LogP contribution in [-0.2, 0) is 23.7 Å². The molecule has 0 spiro atoms. The van der Waals surface area contributed by atoms with Crippen molar-refractivity contribution in [3.05, 3.63) is 0 Å². The molecule has 0 aromatic carbocycles. The molecule has 0 unspecified atom stereocenters. The number of methoxy groups -OCH3 is 1. The lowest BCUT2D eigenvalue weighted by Gasteiger charge is -2.40. The molecular weight excluding hydrogens is 236 g/mol. The van der Waals surface area contributed by atoms with Gasteiger partial charge in [-0.2, -0.15) is 0 Å². The van der Waals surface area contributed by atoms with Crippen LogP contribution >= 0.6 is 0 Å². The van der Waals surface area contributed by atoms with E-state index in [1.165, 1.54) is 0 Å². The number of rotatable bonds is 12. The van der Waals surface area contributed by atoms with Gasteiger partial charge in [-0.05, 0) is 6.42 Å². The molecule has 5 heteroatoms. The number of hydrogen-bond donors (Lipinski definition) is 0. The lowest BCUT2D eigenvalue weighted by Crippen LogP contribution is -2.45. The Labute approximate surface area is 110 Å². The van der Waals surface area contributed by atoms with Crippen molar-refractivity contribution in [1.82, 2.24) is 0 Å². The van der Waals surface area contributed by atoms with E-state index >= 15 is 0 Å². The third-order valence-corrected chi connectivity index (χ3v) is 3.15. The zero-order valence-electron chi connectivity index (χ0n) is 11.6. The molecule has 5 nitrogen and oxygen atoms in total. The standard InChI is InChI=1S/C13H26O5/c1-3-13(11-18-12-13)10-17-9-8-16-7-6-15-5-4-14-2/h3-12H2,1-2H3. The van der Waals surface area contributed by atoms with Crippen LogP contribution < -0.4 is 0 Å². The van der Waals surface area contributed by atoms with Gasteiger partial charge in [0.15, 0.2) is 0 Å². The highest BCUT2D eigenvalue weighted by Crippen LogP contribution is 2.31. The first kappa shape index (κ1) is 15.9. The normalized spacial score (nSPS) is 17.7. The Kier molecular flexibility index (Phi) is 8.54. The SMILES string of the molecule is CCC1(COCCOCCOCCOC)COC1. The molecule has 0 amide bonds. The van der Waals surface area contributed by atoms with Crippen molar-refractivity contribution in [2.75, 3.05) is 66.6 Å². The maximum Gasteiger partial charge on any atom is 0.0701 e. The Bertz CT molecular complexity index is 188. The lowest BCUT2D eigenvalue weighted by atomic mass is 9.84. The van der Waals surface area contributed by atoms with Crippen LogP contribution in [0.5, 0.6) is 0 Å². The monoisotopic (exact) mass is 262 g/mol. The van der Waals surface area contributed by atoms with Crippen molar-refractivity contribution in [2.45, 2.75) is 13.3 Å². The molecule has 1 saturated heterocycles. The third kappa shape index (κ3) is 6.11. The molecule has 18 heavy (non-hydrogen) atoms. The van der Waals surface area contributed by atoms with Crippen molar-refractivity contribution < 1.29 is 23.7 Å². The minimum absolute atomic E-state index is 0.267. The Balaban J connectivity index is 1.78. The van der Waals surface area contributed by atoms with Gasteiger partial charge in [-0.3, -0.25) is 0 Å². The Morgan fingerprint density at radius 2 is 1.44 bits per heavy atom. The van der Waals surface area contributed by atoms with E-state index in [2.05, 4.69) is 6.92 Å². The molecular formula is C13H26O5. The van der Waals surface area contributed by atoms with Crippen molar-refractivity contribution in [3.63, 3.8) is 0 Å². The molecule has 0 aromatic heterocycles. The fourth-order valence-electron chi connectivity index (χ4n) is 1.65. The van der Waals surface area contributed by atoms with E-state index in [1.54, 1.807) is 7.11 Å². The van der Waals surface area contributed by atoms with Gasteiger partial charge in [-0.15, -0.1) is 0 Å². The summed E-state index contributed by atoms with van der Waals surface area (Å²) in [5.41, 5.74) is 0.267. The summed E-state index contributed by atoms with van der Waals surface area (Å²) in [5.74, 6) is 0. The van der Waals surface area contributed by atoms with Gasteiger partial charge >= 0.3 is 0 Å². The van der Waals surface area contributed by atoms with E-state index in [4.69, 9.17) is 23.7 Å². The summed E-state index contributed by atoms with van der Waals surface area (Å²) in [6.07, 6.45) is 1.11. The van der Waals surface area contributed by atoms with Gasteiger partial charge in [0.1, 0.15) is 0 Å². The summed E-state index contributed by atoms with van der Waals surface area (Å²) in [6, 6.07) is 0. The second-order valence-corrected chi connectivity index (χ2v) is 4.62. The maximum atomic E-state index is 5.61. The molecule has 1 aliphatic heterocycles. The van der Waals surface area contributed by atoms with Gasteiger partial charge in [0.05, 0.1) is 59.5 Å². The first-order valence-electron chi connectivity index (χ1n) is 6.63. The van der Waals surface area contributed by atoms with Crippen LogP contribution in [0.3, 0.4) is 0 Å². The second-order valence-electron chi connectivity index (χ2n) is 4.62. The summed E-state index contributed by atoms with van der Waals surface area (Å²) in [6.45, 7) is 8.34. The van der Waals surface area contributed by atoms with Gasteiger partial charge in [-0.25, -0.2) is 0 Å². The first-order valence-corrected chi connectivity index (χ1v) is 6.63. The minimum Gasteiger partial charge on any atom is -0.382 e. The van der Waals surface area contributed by atoms with E-state index in [9.17, 15) is 0 Å². The van der Waals surface area contributed by atoms with E-state index < -0.39 is 0 Å². The lowest BCUT2D eigenvalue weighted by molar-refractivity contribution is -0.153. The molecule has 0 atom stereocenters. The van der Waals surface area contributed by atoms with Crippen molar-refractivity contribution in [3.8, 4) is 0 Å². The van der Waals surface area contributed by atoms with E-state index in [1.807, 2.05) is 0 Å². The summed E-state index contributed by atoms with van der Waals surface area (Å²) < 4.78 is 26.4. The van der Waals surface area contributed by atoms with E-state index in [0.717, 1.165) is 26.2 Å². The van der Waals surface area contributed by atoms with Gasteiger partial charge in [0.25, 0.3) is 0 Å². The Hall–Kier alpha value is -0.200. The maximum absolute atomic E-state index is 5.61. The van der Waals surface area contributed by atoms with Crippen LogP contribution in [0.2, 0.25) is 0 Å². The molecule has 0 aromatic rings. The average molecular weight is 262 g/mol. The van der Waals surface area contributed by atoms with Gasteiger partial charge in [0.2, 0.25) is 0 Å². The Morgan fingerprint density at radius 1 is 0.889 bits per heavy atom. The average Bonchev–Trinajstić information content (AvgIpc) is 2.34. The molecule has 108 valence electrons. The largest absolute Gasteiger partial charge is 0.382 e. The quantitative estimate of drug-likeness (QED) is 0.493. The van der Waals surface area contributed by atoms with Gasteiger partial charge < -0.3 is 23.7 Å². The first-order chi connectivity index (χ1) is 8.83. The fourth-order valence-corrected chi connectivity index (χ4v) is 1.65. The van der Waals surface area contributed by atoms with Gasteiger partial charge in [0, 0.05) is 12.5 Å². The van der Waals surface area contributed by atoms with Crippen LogP contribution in [-0.4, -0.2) is 66.6 Å². The van der Waals surface area contributed by atoms with Crippen LogP contribution in [0.4, 0.5) is 0 Å². The smallest absolute Gasteiger partial charge is 0.0701 e. The highest BCUT2D eigenvalue weighted by atomic mass is 16.6. The predicted molar refractivity (Wildman–Crippen MR) is 67.9 cm³/mol. The van der Waals surface area contributed by atoms with Crippen LogP contribution in [0.15, 0.2) is 0 Å². The van der Waals surface area contributed by atoms with Crippen molar-refractivity contribution in [1.29, 1.82) is 0 Å². The highest BCUT2D eigenvalue weighted by Gasteiger charge is 2.36. The Morgan fingerprint density at radius 3 is 1.89 bits per heavy atom. The summed E-state index contributed by atoms with van der Waals surface area (Å²) in [4.78, 5) is 0. The molecule has 1 fully saturated rings. The second kappa shape index (κ2) is 9.69. The van der Waals surface area contributed by atoms with Crippen LogP contribution in [0, 0.1) is 5.41 Å². The third-order valence-electron chi connectivity index (χ3n) is 3.15. The molecule has 0 aliphatic carbocycles. The zero-order valence-corrected chi connectivity index (χ0v) is 11.6. The van der Waals surface area contributed by atoms with E-state index in [0.29, 0.717) is 39.6 Å². The van der Waals surface area contributed by atoms with Crippen LogP contribution in [0.25, 0.3) is 0 Å². The molecule has 0 saturated carbocycles. The predicted octanol–water partition coefficient (Wildman–Crippen LogP) is 1.11. The molecule has 0 radical (unpaired) electrons. The van der Waals surface area contributed by atoms with Crippen LogP contribution in [0.1, 0.15) is 13.3 Å². The topological polar surface area (TPSA) is 46.2 Å². The fraction of sp³-hybridized carbons (Fsp3) is 1.00. The van der Waals surface area contributed by atoms with Gasteiger partial charge in [-0.1, -0.05) is 6.92 Å². The molecule has 0 bridgehead atoms. The molecule has 1 aliphatic rings. The molecule has 1 rings (SSSR count). The van der Waals surface area contributed by atoms with Crippen molar-refractivity contribution in [2.24, 2.45) is 5.41 Å².